The summed E-state index contributed by atoms with van der Waals surface area (Å²) in [6, 6.07) is 7.62. The first kappa shape index (κ1) is 17.5. The minimum atomic E-state index is -0.372. The summed E-state index contributed by atoms with van der Waals surface area (Å²) >= 11 is 2.79. The van der Waals surface area contributed by atoms with Gasteiger partial charge < -0.3 is 15.5 Å². The van der Waals surface area contributed by atoms with Gasteiger partial charge in [0, 0.05) is 22.6 Å². The number of rotatable bonds is 6. The Hall–Kier alpha value is -2.32. The van der Waals surface area contributed by atoms with Gasteiger partial charge in [-0.15, -0.1) is 11.3 Å². The quantitative estimate of drug-likeness (QED) is 0.510. The maximum atomic E-state index is 12.6. The summed E-state index contributed by atoms with van der Waals surface area (Å²) in [5.41, 5.74) is 6.75. The topological polar surface area (TPSA) is 98.1 Å². The van der Waals surface area contributed by atoms with Crippen LogP contribution in [-0.2, 0) is 4.79 Å². The molecule has 6 nitrogen and oxygen atoms in total. The maximum Gasteiger partial charge on any atom is 0.260 e. The lowest BCUT2D eigenvalue weighted by Crippen LogP contribution is -2.12. The van der Waals surface area contributed by atoms with Crippen molar-refractivity contribution in [2.24, 2.45) is 5.73 Å². The van der Waals surface area contributed by atoms with Gasteiger partial charge in [-0.1, -0.05) is 23.9 Å². The number of H-pyrrole nitrogens is 1. The Labute approximate surface area is 152 Å². The molecule has 0 bridgehead atoms. The Bertz CT molecular complexity index is 994. The van der Waals surface area contributed by atoms with Crippen molar-refractivity contribution in [3.63, 3.8) is 0 Å². The molecule has 3 rings (SSSR count). The Kier molecular flexibility index (Phi) is 5.10. The first-order valence-electron chi connectivity index (χ1n) is 7.58. The second kappa shape index (κ2) is 7.28. The van der Waals surface area contributed by atoms with Crippen molar-refractivity contribution in [1.82, 2.24) is 9.97 Å². The summed E-state index contributed by atoms with van der Waals surface area (Å²) < 4.78 is 5.28. The van der Waals surface area contributed by atoms with Crippen LogP contribution in [0.4, 0.5) is 0 Å². The number of primary amides is 1. The minimum absolute atomic E-state index is 0.186. The van der Waals surface area contributed by atoms with Crippen LogP contribution >= 0.6 is 23.1 Å². The number of thioether (sulfide) groups is 1. The summed E-state index contributed by atoms with van der Waals surface area (Å²) in [5.74, 6) is 0.846. The van der Waals surface area contributed by atoms with Crippen LogP contribution in [0, 0.1) is 6.92 Å². The highest BCUT2D eigenvalue weighted by Crippen LogP contribution is 2.37. The van der Waals surface area contributed by atoms with E-state index in [9.17, 15) is 9.59 Å². The molecule has 25 heavy (non-hydrogen) atoms. The lowest BCUT2D eigenvalue weighted by atomic mass is 10.0. The predicted octanol–water partition coefficient (Wildman–Crippen LogP) is 2.94. The van der Waals surface area contributed by atoms with E-state index >= 15 is 0 Å². The molecule has 2 heterocycles. The molecule has 3 N–H and O–H groups in total. The highest BCUT2D eigenvalue weighted by Gasteiger charge is 2.17. The molecule has 0 aliphatic rings. The van der Waals surface area contributed by atoms with Crippen LogP contribution in [0.3, 0.4) is 0 Å². The third-order valence-corrected chi connectivity index (χ3v) is 5.54. The van der Waals surface area contributed by atoms with Gasteiger partial charge in [-0.05, 0) is 24.6 Å². The molecule has 3 aromatic rings. The summed E-state index contributed by atoms with van der Waals surface area (Å²) in [6.45, 7) is 1.97. The van der Waals surface area contributed by atoms with Crippen LogP contribution in [0.2, 0.25) is 0 Å². The molecule has 2 aromatic heterocycles. The number of aromatic amines is 1. The number of methoxy groups -OCH3 is 1. The van der Waals surface area contributed by atoms with E-state index in [-0.39, 0.29) is 17.9 Å². The van der Waals surface area contributed by atoms with Crippen molar-refractivity contribution in [3.05, 3.63) is 39.5 Å². The highest BCUT2D eigenvalue weighted by molar-refractivity contribution is 7.99. The first-order chi connectivity index (χ1) is 12.0. The van der Waals surface area contributed by atoms with Crippen LogP contribution in [0.25, 0.3) is 21.3 Å². The summed E-state index contributed by atoms with van der Waals surface area (Å²) in [6.07, 6.45) is 0.241. The van der Waals surface area contributed by atoms with Gasteiger partial charge in [0.2, 0.25) is 5.91 Å². The number of thiophene rings is 1. The smallest absolute Gasteiger partial charge is 0.260 e. The number of aryl methyl sites for hydroxylation is 1. The van der Waals surface area contributed by atoms with Crippen molar-refractivity contribution in [2.75, 3.05) is 12.9 Å². The normalized spacial score (nSPS) is 11.0. The molecule has 0 radical (unpaired) electrons. The van der Waals surface area contributed by atoms with E-state index in [2.05, 4.69) is 9.97 Å². The molecule has 0 spiro atoms. The number of benzene rings is 1. The molecule has 0 unspecified atom stereocenters. The van der Waals surface area contributed by atoms with Crippen molar-refractivity contribution in [3.8, 4) is 16.9 Å². The second-order valence-electron chi connectivity index (χ2n) is 5.38. The zero-order chi connectivity index (χ0) is 18.0. The van der Waals surface area contributed by atoms with Crippen molar-refractivity contribution >= 4 is 39.2 Å². The first-order valence-corrected chi connectivity index (χ1v) is 9.38. The molecule has 0 aliphatic heterocycles. The molecule has 0 atom stereocenters. The Morgan fingerprint density at radius 2 is 2.24 bits per heavy atom. The van der Waals surface area contributed by atoms with E-state index in [0.717, 1.165) is 21.8 Å². The SMILES string of the molecule is COc1cccc(-c2c(C)sc3nc(SCCC(N)=O)[nH]c(=O)c23)c1. The molecule has 8 heteroatoms. The number of amides is 1. The van der Waals surface area contributed by atoms with Gasteiger partial charge in [0.1, 0.15) is 10.6 Å². The van der Waals surface area contributed by atoms with E-state index in [4.69, 9.17) is 10.5 Å². The number of nitrogens with two attached hydrogens (primary N) is 1. The zero-order valence-electron chi connectivity index (χ0n) is 13.8. The summed E-state index contributed by atoms with van der Waals surface area (Å²) in [4.78, 5) is 32.5. The van der Waals surface area contributed by atoms with Gasteiger partial charge in [0.25, 0.3) is 5.56 Å². The largest absolute Gasteiger partial charge is 0.497 e. The number of fused-ring (bicyclic) bond motifs is 1. The fourth-order valence-corrected chi connectivity index (χ4v) is 4.46. The maximum absolute atomic E-state index is 12.6. The van der Waals surface area contributed by atoms with Gasteiger partial charge in [-0.3, -0.25) is 9.59 Å². The fraction of sp³-hybridized carbons (Fsp3) is 0.235. The van der Waals surface area contributed by atoms with Gasteiger partial charge in [-0.25, -0.2) is 4.98 Å². The third-order valence-electron chi connectivity index (χ3n) is 3.66. The van der Waals surface area contributed by atoms with E-state index in [1.165, 1.54) is 23.1 Å². The lowest BCUT2D eigenvalue weighted by molar-refractivity contribution is -0.117. The predicted molar refractivity (Wildman–Crippen MR) is 102 cm³/mol. The Morgan fingerprint density at radius 1 is 1.44 bits per heavy atom. The number of carbonyl (C=O) groups excluding carboxylic acids is 1. The average molecular weight is 375 g/mol. The molecular weight excluding hydrogens is 358 g/mol. The van der Waals surface area contributed by atoms with Crippen LogP contribution in [-0.4, -0.2) is 28.7 Å². The summed E-state index contributed by atoms with van der Waals surface area (Å²) in [5, 5.41) is 1.08. The number of aromatic nitrogens is 2. The van der Waals surface area contributed by atoms with Gasteiger partial charge in [0.15, 0.2) is 5.16 Å². The fourth-order valence-electron chi connectivity index (χ4n) is 2.54. The molecule has 1 amide bonds. The van der Waals surface area contributed by atoms with E-state index in [1.54, 1.807) is 7.11 Å². The van der Waals surface area contributed by atoms with Gasteiger partial charge in [-0.2, -0.15) is 0 Å². The van der Waals surface area contributed by atoms with Crippen molar-refractivity contribution in [2.45, 2.75) is 18.5 Å². The number of hydrogen-bond acceptors (Lipinski definition) is 6. The number of carbonyl (C=O) groups is 1. The van der Waals surface area contributed by atoms with Crippen LogP contribution in [0.15, 0.2) is 34.2 Å². The van der Waals surface area contributed by atoms with Crippen molar-refractivity contribution < 1.29 is 9.53 Å². The van der Waals surface area contributed by atoms with E-state index in [0.29, 0.717) is 21.1 Å². The molecular formula is C17H17N3O3S2. The number of nitrogens with zero attached hydrogens (tertiary/aromatic N) is 1. The monoisotopic (exact) mass is 375 g/mol. The zero-order valence-corrected chi connectivity index (χ0v) is 15.4. The molecule has 0 aliphatic carbocycles. The molecule has 1 aromatic carbocycles. The minimum Gasteiger partial charge on any atom is -0.497 e. The Morgan fingerprint density at radius 3 is 2.96 bits per heavy atom. The van der Waals surface area contributed by atoms with Crippen LogP contribution in [0.5, 0.6) is 5.75 Å². The third kappa shape index (κ3) is 3.69. The standard InChI is InChI=1S/C17H17N3O3S2/c1-9-13(10-4-3-5-11(8-10)23-2)14-15(22)19-17(20-16(14)25-9)24-7-6-12(18)21/h3-5,8H,6-7H2,1-2H3,(H2,18,21)(H,19,20,22). The van der Waals surface area contributed by atoms with E-state index in [1.807, 2.05) is 31.2 Å². The van der Waals surface area contributed by atoms with Crippen LogP contribution in [0.1, 0.15) is 11.3 Å². The number of ether oxygens (including phenoxy) is 1. The summed E-state index contributed by atoms with van der Waals surface area (Å²) in [7, 11) is 1.61. The van der Waals surface area contributed by atoms with E-state index < -0.39 is 0 Å². The average Bonchev–Trinajstić information content (AvgIpc) is 2.91. The second-order valence-corrected chi connectivity index (χ2v) is 7.67. The number of nitrogens with one attached hydrogen (secondary N) is 1. The molecule has 0 saturated carbocycles. The Balaban J connectivity index is 2.05. The molecule has 0 saturated heterocycles. The molecule has 130 valence electrons. The number of hydrogen-bond donors (Lipinski definition) is 2. The highest BCUT2D eigenvalue weighted by atomic mass is 32.2. The van der Waals surface area contributed by atoms with Crippen molar-refractivity contribution in [1.29, 1.82) is 0 Å². The molecule has 0 fully saturated rings. The van der Waals surface area contributed by atoms with Crippen LogP contribution < -0.4 is 16.0 Å². The van der Waals surface area contributed by atoms with Gasteiger partial charge in [0.05, 0.1) is 12.5 Å². The lowest BCUT2D eigenvalue weighted by Gasteiger charge is -2.05. The van der Waals surface area contributed by atoms with Gasteiger partial charge >= 0.3 is 0 Å².